The van der Waals surface area contributed by atoms with E-state index in [4.69, 9.17) is 4.74 Å². The average molecular weight is 286 g/mol. The van der Waals surface area contributed by atoms with Crippen molar-refractivity contribution in [2.24, 2.45) is 7.05 Å². The van der Waals surface area contributed by atoms with Crippen LogP contribution in [0.15, 0.2) is 41.2 Å². The molecule has 0 aliphatic heterocycles. The smallest absolute Gasteiger partial charge is 0.255 e. The van der Waals surface area contributed by atoms with E-state index in [-0.39, 0.29) is 5.56 Å². The topological polar surface area (TPSA) is 43.3 Å². The number of methoxy groups -OCH3 is 1. The van der Waals surface area contributed by atoms with Crippen LogP contribution in [0.2, 0.25) is 0 Å². The maximum absolute atomic E-state index is 12.4. The number of aromatic nitrogens is 1. The summed E-state index contributed by atoms with van der Waals surface area (Å²) in [6, 6.07) is 12.1. The fraction of sp³-hybridized carbons (Fsp3) is 0.353. The molecule has 1 heterocycles. The SMILES string of the molecule is COCCNCc1ccc(-c2ccc(C)cc2)n(C)c1=O. The van der Waals surface area contributed by atoms with Gasteiger partial charge in [-0.25, -0.2) is 0 Å². The van der Waals surface area contributed by atoms with Crippen LogP contribution >= 0.6 is 0 Å². The quantitative estimate of drug-likeness (QED) is 0.827. The Morgan fingerprint density at radius 3 is 2.52 bits per heavy atom. The van der Waals surface area contributed by atoms with Gasteiger partial charge >= 0.3 is 0 Å². The molecule has 4 nitrogen and oxygen atoms in total. The van der Waals surface area contributed by atoms with Gasteiger partial charge in [-0.1, -0.05) is 35.9 Å². The number of pyridine rings is 1. The number of nitrogens with one attached hydrogen (secondary N) is 1. The second kappa shape index (κ2) is 7.20. The van der Waals surface area contributed by atoms with Gasteiger partial charge in [0.2, 0.25) is 0 Å². The molecule has 0 saturated carbocycles. The Kier molecular flexibility index (Phi) is 5.31. The zero-order chi connectivity index (χ0) is 15.2. The van der Waals surface area contributed by atoms with E-state index in [9.17, 15) is 4.79 Å². The lowest BCUT2D eigenvalue weighted by atomic mass is 10.1. The molecule has 0 radical (unpaired) electrons. The minimum absolute atomic E-state index is 0.0398. The van der Waals surface area contributed by atoms with E-state index >= 15 is 0 Å². The van der Waals surface area contributed by atoms with Gasteiger partial charge in [-0.15, -0.1) is 0 Å². The van der Waals surface area contributed by atoms with E-state index in [2.05, 4.69) is 24.4 Å². The third-order valence-electron chi connectivity index (χ3n) is 3.53. The zero-order valence-electron chi connectivity index (χ0n) is 12.8. The Balaban J connectivity index is 2.21. The maximum Gasteiger partial charge on any atom is 0.255 e. The van der Waals surface area contributed by atoms with Crippen LogP contribution in [0.5, 0.6) is 0 Å². The van der Waals surface area contributed by atoms with Crippen molar-refractivity contribution in [3.8, 4) is 11.3 Å². The fourth-order valence-corrected chi connectivity index (χ4v) is 2.23. The van der Waals surface area contributed by atoms with Gasteiger partial charge in [0.15, 0.2) is 0 Å². The van der Waals surface area contributed by atoms with Crippen molar-refractivity contribution in [2.45, 2.75) is 13.5 Å². The molecule has 0 bridgehead atoms. The first-order valence-electron chi connectivity index (χ1n) is 7.09. The van der Waals surface area contributed by atoms with Gasteiger partial charge in [-0.05, 0) is 18.6 Å². The van der Waals surface area contributed by atoms with Gasteiger partial charge in [0.25, 0.3) is 5.56 Å². The number of ether oxygens (including phenoxy) is 1. The Morgan fingerprint density at radius 2 is 1.86 bits per heavy atom. The minimum atomic E-state index is 0.0398. The molecular formula is C17H22N2O2. The molecule has 2 aromatic rings. The molecule has 0 spiro atoms. The Bertz CT molecular complexity index is 645. The molecule has 0 atom stereocenters. The molecule has 0 amide bonds. The molecule has 2 rings (SSSR count). The van der Waals surface area contributed by atoms with E-state index < -0.39 is 0 Å². The third kappa shape index (κ3) is 3.80. The van der Waals surface area contributed by atoms with Gasteiger partial charge in [0.05, 0.1) is 12.3 Å². The summed E-state index contributed by atoms with van der Waals surface area (Å²) >= 11 is 0. The summed E-state index contributed by atoms with van der Waals surface area (Å²) in [5, 5.41) is 3.20. The van der Waals surface area contributed by atoms with Crippen molar-refractivity contribution < 1.29 is 4.74 Å². The van der Waals surface area contributed by atoms with Crippen molar-refractivity contribution in [3.63, 3.8) is 0 Å². The first-order valence-corrected chi connectivity index (χ1v) is 7.09. The van der Waals surface area contributed by atoms with E-state index in [1.54, 1.807) is 11.7 Å². The van der Waals surface area contributed by atoms with Gasteiger partial charge in [0, 0.05) is 32.8 Å². The highest BCUT2D eigenvalue weighted by molar-refractivity contribution is 5.60. The molecule has 0 aliphatic carbocycles. The van der Waals surface area contributed by atoms with Crippen LogP contribution in [-0.2, 0) is 18.3 Å². The first-order chi connectivity index (χ1) is 10.1. The molecule has 0 saturated heterocycles. The summed E-state index contributed by atoms with van der Waals surface area (Å²) < 4.78 is 6.68. The van der Waals surface area contributed by atoms with E-state index in [0.29, 0.717) is 13.2 Å². The van der Waals surface area contributed by atoms with Crippen LogP contribution in [0, 0.1) is 6.92 Å². The molecule has 0 unspecified atom stereocenters. The second-order valence-electron chi connectivity index (χ2n) is 5.14. The summed E-state index contributed by atoms with van der Waals surface area (Å²) in [4.78, 5) is 12.4. The normalized spacial score (nSPS) is 10.8. The molecule has 1 aromatic heterocycles. The van der Waals surface area contributed by atoms with Gasteiger partial charge < -0.3 is 14.6 Å². The number of aryl methyl sites for hydroxylation is 1. The highest BCUT2D eigenvalue weighted by Gasteiger charge is 2.07. The summed E-state index contributed by atoms with van der Waals surface area (Å²) in [6.07, 6.45) is 0. The third-order valence-corrected chi connectivity index (χ3v) is 3.53. The van der Waals surface area contributed by atoms with Crippen LogP contribution < -0.4 is 10.9 Å². The van der Waals surface area contributed by atoms with Crippen LogP contribution in [0.25, 0.3) is 11.3 Å². The minimum Gasteiger partial charge on any atom is -0.383 e. The van der Waals surface area contributed by atoms with Crippen molar-refractivity contribution >= 4 is 0 Å². The van der Waals surface area contributed by atoms with Crippen LogP contribution in [0.1, 0.15) is 11.1 Å². The van der Waals surface area contributed by atoms with Gasteiger partial charge in [-0.3, -0.25) is 4.79 Å². The molecule has 0 aliphatic rings. The lowest BCUT2D eigenvalue weighted by Crippen LogP contribution is -2.27. The van der Waals surface area contributed by atoms with Crippen LogP contribution in [0.3, 0.4) is 0 Å². The summed E-state index contributed by atoms with van der Waals surface area (Å²) in [5.74, 6) is 0. The summed E-state index contributed by atoms with van der Waals surface area (Å²) in [7, 11) is 3.48. The molecule has 21 heavy (non-hydrogen) atoms. The standard InChI is InChI=1S/C17H22N2O2/c1-13-4-6-14(7-5-13)16-9-8-15(17(20)19(16)2)12-18-10-11-21-3/h4-9,18H,10-12H2,1-3H3. The van der Waals surface area contributed by atoms with Crippen LogP contribution in [-0.4, -0.2) is 24.8 Å². The average Bonchev–Trinajstić information content (AvgIpc) is 2.49. The maximum atomic E-state index is 12.4. The van der Waals surface area contributed by atoms with E-state index in [1.165, 1.54) is 5.56 Å². The number of benzene rings is 1. The van der Waals surface area contributed by atoms with Gasteiger partial charge in [0.1, 0.15) is 0 Å². The Hall–Kier alpha value is -1.91. The van der Waals surface area contributed by atoms with Crippen molar-refractivity contribution in [1.82, 2.24) is 9.88 Å². The highest BCUT2D eigenvalue weighted by atomic mass is 16.5. The molecule has 4 heteroatoms. The predicted octanol–water partition coefficient (Wildman–Crippen LogP) is 2.10. The fourth-order valence-electron chi connectivity index (χ4n) is 2.23. The molecule has 1 N–H and O–H groups in total. The summed E-state index contributed by atoms with van der Waals surface area (Å²) in [6.45, 7) is 3.99. The van der Waals surface area contributed by atoms with E-state index in [0.717, 1.165) is 23.4 Å². The number of rotatable bonds is 6. The predicted molar refractivity (Wildman–Crippen MR) is 85.4 cm³/mol. The molecule has 112 valence electrons. The Labute approximate surface area is 125 Å². The lowest BCUT2D eigenvalue weighted by molar-refractivity contribution is 0.199. The van der Waals surface area contributed by atoms with Gasteiger partial charge in [-0.2, -0.15) is 0 Å². The molecule has 0 fully saturated rings. The van der Waals surface area contributed by atoms with Crippen LogP contribution in [0.4, 0.5) is 0 Å². The zero-order valence-corrected chi connectivity index (χ0v) is 12.8. The summed E-state index contributed by atoms with van der Waals surface area (Å²) in [5.41, 5.74) is 4.00. The number of hydrogen-bond acceptors (Lipinski definition) is 3. The lowest BCUT2D eigenvalue weighted by Gasteiger charge is -2.11. The first kappa shape index (κ1) is 15.5. The van der Waals surface area contributed by atoms with Crippen molar-refractivity contribution in [1.29, 1.82) is 0 Å². The van der Waals surface area contributed by atoms with Crippen molar-refractivity contribution in [2.75, 3.05) is 20.3 Å². The molecular weight excluding hydrogens is 264 g/mol. The monoisotopic (exact) mass is 286 g/mol. The second-order valence-corrected chi connectivity index (χ2v) is 5.14. The number of nitrogens with zero attached hydrogens (tertiary/aromatic N) is 1. The van der Waals surface area contributed by atoms with Crippen molar-refractivity contribution in [3.05, 3.63) is 57.9 Å². The highest BCUT2D eigenvalue weighted by Crippen LogP contribution is 2.18. The largest absolute Gasteiger partial charge is 0.383 e. The molecule has 1 aromatic carbocycles. The Morgan fingerprint density at radius 1 is 1.14 bits per heavy atom. The number of hydrogen-bond donors (Lipinski definition) is 1. The van der Waals surface area contributed by atoms with E-state index in [1.807, 2.05) is 31.3 Å².